The van der Waals surface area contributed by atoms with Crippen molar-refractivity contribution < 1.29 is 4.74 Å². The number of nitrogens with zero attached hydrogens (tertiary/aromatic N) is 1. The number of morpholine rings is 1. The SMILES string of the molecule is CCCCC(CC)CC(N)C1CN(CCC)CCO1. The molecule has 0 aromatic rings. The van der Waals surface area contributed by atoms with Crippen LogP contribution >= 0.6 is 0 Å². The first-order chi connectivity index (χ1) is 9.21. The van der Waals surface area contributed by atoms with Crippen LogP contribution in [0.4, 0.5) is 0 Å². The topological polar surface area (TPSA) is 38.5 Å². The molecule has 3 atom stereocenters. The van der Waals surface area contributed by atoms with Gasteiger partial charge < -0.3 is 10.5 Å². The summed E-state index contributed by atoms with van der Waals surface area (Å²) in [7, 11) is 0. The zero-order valence-electron chi connectivity index (χ0n) is 13.2. The van der Waals surface area contributed by atoms with Crippen molar-refractivity contribution in [3.05, 3.63) is 0 Å². The fraction of sp³-hybridized carbons (Fsp3) is 1.00. The molecule has 0 amide bonds. The maximum absolute atomic E-state index is 6.40. The number of hydrogen-bond acceptors (Lipinski definition) is 3. The number of hydrogen-bond donors (Lipinski definition) is 1. The molecule has 1 aliphatic rings. The van der Waals surface area contributed by atoms with E-state index in [1.807, 2.05) is 0 Å². The smallest absolute Gasteiger partial charge is 0.0853 e. The molecule has 0 aliphatic carbocycles. The standard InChI is InChI=1S/C16H34N2O/c1-4-7-8-14(6-3)12-15(17)16-13-18(9-5-2)10-11-19-16/h14-16H,4-13,17H2,1-3H3. The second-order valence-corrected chi connectivity index (χ2v) is 6.03. The molecule has 0 bridgehead atoms. The highest BCUT2D eigenvalue weighted by Gasteiger charge is 2.26. The lowest BCUT2D eigenvalue weighted by molar-refractivity contribution is -0.0436. The van der Waals surface area contributed by atoms with Crippen LogP contribution in [0.3, 0.4) is 0 Å². The summed E-state index contributed by atoms with van der Waals surface area (Å²) in [5.74, 6) is 0.778. The summed E-state index contributed by atoms with van der Waals surface area (Å²) in [6, 6.07) is 0.210. The van der Waals surface area contributed by atoms with Crippen molar-refractivity contribution in [2.45, 2.75) is 71.4 Å². The molecule has 0 aromatic heterocycles. The molecule has 3 heteroatoms. The first kappa shape index (κ1) is 16.9. The number of ether oxygens (including phenoxy) is 1. The number of unbranched alkanes of at least 4 members (excludes halogenated alkanes) is 1. The van der Waals surface area contributed by atoms with E-state index in [0.29, 0.717) is 0 Å². The summed E-state index contributed by atoms with van der Waals surface area (Å²) in [6.07, 6.45) is 7.78. The minimum absolute atomic E-state index is 0.210. The Hall–Kier alpha value is -0.120. The van der Waals surface area contributed by atoms with Crippen LogP contribution in [0.15, 0.2) is 0 Å². The van der Waals surface area contributed by atoms with E-state index in [-0.39, 0.29) is 12.1 Å². The first-order valence-corrected chi connectivity index (χ1v) is 8.30. The minimum Gasteiger partial charge on any atom is -0.374 e. The van der Waals surface area contributed by atoms with E-state index < -0.39 is 0 Å². The Morgan fingerprint density at radius 2 is 2.05 bits per heavy atom. The molecule has 1 rings (SSSR count). The Balaban J connectivity index is 2.35. The zero-order chi connectivity index (χ0) is 14.1. The van der Waals surface area contributed by atoms with Crippen LogP contribution in [0.2, 0.25) is 0 Å². The zero-order valence-corrected chi connectivity index (χ0v) is 13.2. The van der Waals surface area contributed by atoms with Crippen molar-refractivity contribution in [3.8, 4) is 0 Å². The van der Waals surface area contributed by atoms with Gasteiger partial charge in [0.25, 0.3) is 0 Å². The molecule has 1 fully saturated rings. The Bertz CT molecular complexity index is 221. The van der Waals surface area contributed by atoms with E-state index in [2.05, 4.69) is 25.7 Å². The molecule has 1 aliphatic heterocycles. The molecule has 3 nitrogen and oxygen atoms in total. The predicted octanol–water partition coefficient (Wildman–Crippen LogP) is 3.03. The first-order valence-electron chi connectivity index (χ1n) is 8.30. The van der Waals surface area contributed by atoms with Crippen LogP contribution in [-0.4, -0.2) is 43.3 Å². The molecule has 0 aromatic carbocycles. The van der Waals surface area contributed by atoms with Gasteiger partial charge in [0.05, 0.1) is 12.7 Å². The number of nitrogens with two attached hydrogens (primary N) is 1. The molecule has 3 unspecified atom stereocenters. The second-order valence-electron chi connectivity index (χ2n) is 6.03. The third-order valence-corrected chi connectivity index (χ3v) is 4.34. The van der Waals surface area contributed by atoms with Crippen molar-refractivity contribution in [2.24, 2.45) is 11.7 Å². The Labute approximate surface area is 119 Å². The van der Waals surface area contributed by atoms with Gasteiger partial charge in [0.15, 0.2) is 0 Å². The van der Waals surface area contributed by atoms with Crippen molar-refractivity contribution >= 4 is 0 Å². The van der Waals surface area contributed by atoms with Crippen LogP contribution in [0.25, 0.3) is 0 Å². The molecule has 1 saturated heterocycles. The largest absolute Gasteiger partial charge is 0.374 e. The third kappa shape index (κ3) is 6.24. The lowest BCUT2D eigenvalue weighted by atomic mass is 9.90. The van der Waals surface area contributed by atoms with Crippen molar-refractivity contribution in [1.29, 1.82) is 0 Å². The van der Waals surface area contributed by atoms with Crippen LogP contribution in [0.5, 0.6) is 0 Å². The van der Waals surface area contributed by atoms with Gasteiger partial charge in [-0.1, -0.05) is 46.5 Å². The van der Waals surface area contributed by atoms with Crippen LogP contribution in [-0.2, 0) is 4.74 Å². The van der Waals surface area contributed by atoms with Crippen LogP contribution in [0.1, 0.15) is 59.3 Å². The van der Waals surface area contributed by atoms with Gasteiger partial charge in [-0.25, -0.2) is 0 Å². The van der Waals surface area contributed by atoms with Gasteiger partial charge in [-0.3, -0.25) is 4.90 Å². The van der Waals surface area contributed by atoms with Gasteiger partial charge >= 0.3 is 0 Å². The molecule has 1 heterocycles. The summed E-state index contributed by atoms with van der Waals surface area (Å²) in [5, 5.41) is 0. The summed E-state index contributed by atoms with van der Waals surface area (Å²) < 4.78 is 5.90. The van der Waals surface area contributed by atoms with Gasteiger partial charge in [-0.15, -0.1) is 0 Å². The van der Waals surface area contributed by atoms with E-state index in [4.69, 9.17) is 10.5 Å². The molecule has 0 saturated carbocycles. The lowest BCUT2D eigenvalue weighted by Gasteiger charge is -2.36. The summed E-state index contributed by atoms with van der Waals surface area (Å²) >= 11 is 0. The molecule has 114 valence electrons. The van der Waals surface area contributed by atoms with Crippen LogP contribution in [0, 0.1) is 5.92 Å². The Kier molecular flexibility index (Phi) is 8.67. The van der Waals surface area contributed by atoms with E-state index in [1.165, 1.54) is 38.6 Å². The number of rotatable bonds is 9. The summed E-state index contributed by atoms with van der Waals surface area (Å²) in [4.78, 5) is 2.50. The fourth-order valence-corrected chi connectivity index (χ4v) is 3.03. The maximum Gasteiger partial charge on any atom is 0.0853 e. The fourth-order valence-electron chi connectivity index (χ4n) is 3.03. The quantitative estimate of drug-likeness (QED) is 0.700. The van der Waals surface area contributed by atoms with Gasteiger partial charge in [0, 0.05) is 19.1 Å². The van der Waals surface area contributed by atoms with Crippen molar-refractivity contribution in [2.75, 3.05) is 26.2 Å². The lowest BCUT2D eigenvalue weighted by Crippen LogP contribution is -2.51. The normalized spacial score (nSPS) is 24.3. The van der Waals surface area contributed by atoms with Gasteiger partial charge in [0.2, 0.25) is 0 Å². The van der Waals surface area contributed by atoms with E-state index in [1.54, 1.807) is 0 Å². The average Bonchev–Trinajstić information content (AvgIpc) is 2.44. The average molecular weight is 270 g/mol. The van der Waals surface area contributed by atoms with E-state index >= 15 is 0 Å². The Morgan fingerprint density at radius 3 is 2.68 bits per heavy atom. The molecule has 0 spiro atoms. The van der Waals surface area contributed by atoms with Gasteiger partial charge in [-0.05, 0) is 25.3 Å². The Morgan fingerprint density at radius 1 is 1.26 bits per heavy atom. The van der Waals surface area contributed by atoms with Crippen molar-refractivity contribution in [1.82, 2.24) is 4.90 Å². The summed E-state index contributed by atoms with van der Waals surface area (Å²) in [6.45, 7) is 10.9. The summed E-state index contributed by atoms with van der Waals surface area (Å²) in [5.41, 5.74) is 6.40. The van der Waals surface area contributed by atoms with E-state index in [0.717, 1.165) is 32.0 Å². The highest BCUT2D eigenvalue weighted by molar-refractivity contribution is 4.82. The predicted molar refractivity (Wildman–Crippen MR) is 82.4 cm³/mol. The molecular weight excluding hydrogens is 236 g/mol. The molecule has 2 N–H and O–H groups in total. The highest BCUT2D eigenvalue weighted by Crippen LogP contribution is 2.21. The van der Waals surface area contributed by atoms with Crippen LogP contribution < -0.4 is 5.73 Å². The third-order valence-electron chi connectivity index (χ3n) is 4.34. The maximum atomic E-state index is 6.40. The molecule has 0 radical (unpaired) electrons. The van der Waals surface area contributed by atoms with Gasteiger partial charge in [0.1, 0.15) is 0 Å². The monoisotopic (exact) mass is 270 g/mol. The van der Waals surface area contributed by atoms with Gasteiger partial charge in [-0.2, -0.15) is 0 Å². The molecule has 19 heavy (non-hydrogen) atoms. The van der Waals surface area contributed by atoms with E-state index in [9.17, 15) is 0 Å². The second kappa shape index (κ2) is 9.73. The van der Waals surface area contributed by atoms with Crippen molar-refractivity contribution in [3.63, 3.8) is 0 Å². The minimum atomic E-state index is 0.210. The molecular formula is C16H34N2O. The highest BCUT2D eigenvalue weighted by atomic mass is 16.5.